The summed E-state index contributed by atoms with van der Waals surface area (Å²) in [7, 11) is 0. The van der Waals surface area contributed by atoms with Crippen LogP contribution in [0.15, 0.2) is 42.6 Å². The summed E-state index contributed by atoms with van der Waals surface area (Å²) in [6.07, 6.45) is -3.11. The molecule has 1 heterocycles. The standard InChI is InChI=1S/C16H15F3N2O2/c1-11-4-2-5-12(8-11)14(22)21-9-13-6-3-7-20-15(13)23-10-16(17,18)19/h2-8H,9-10H2,1H3,(H,21,22). The van der Waals surface area contributed by atoms with E-state index in [0.29, 0.717) is 11.1 Å². The summed E-state index contributed by atoms with van der Waals surface area (Å²) in [6, 6.07) is 10.1. The fraction of sp³-hybridized carbons (Fsp3) is 0.250. The van der Waals surface area contributed by atoms with Gasteiger partial charge in [-0.05, 0) is 25.1 Å². The summed E-state index contributed by atoms with van der Waals surface area (Å²) in [5.74, 6) is -0.464. The number of nitrogens with one attached hydrogen (secondary N) is 1. The van der Waals surface area contributed by atoms with Crippen molar-refractivity contribution in [1.82, 2.24) is 10.3 Å². The Morgan fingerprint density at radius 3 is 2.74 bits per heavy atom. The van der Waals surface area contributed by atoms with E-state index < -0.39 is 12.8 Å². The van der Waals surface area contributed by atoms with Crippen molar-refractivity contribution >= 4 is 5.91 Å². The van der Waals surface area contributed by atoms with E-state index in [9.17, 15) is 18.0 Å². The quantitative estimate of drug-likeness (QED) is 0.918. The summed E-state index contributed by atoms with van der Waals surface area (Å²) in [4.78, 5) is 15.8. The van der Waals surface area contributed by atoms with Gasteiger partial charge in [-0.3, -0.25) is 4.79 Å². The number of aromatic nitrogens is 1. The molecular formula is C16H15F3N2O2. The van der Waals surface area contributed by atoms with Crippen LogP contribution in [0.25, 0.3) is 0 Å². The van der Waals surface area contributed by atoms with E-state index in [2.05, 4.69) is 15.0 Å². The van der Waals surface area contributed by atoms with Gasteiger partial charge in [0.1, 0.15) is 0 Å². The number of amides is 1. The minimum atomic E-state index is -4.44. The molecule has 0 fully saturated rings. The smallest absolute Gasteiger partial charge is 0.422 e. The predicted octanol–water partition coefficient (Wildman–Crippen LogP) is 3.26. The first-order chi connectivity index (χ1) is 10.8. The molecule has 7 heteroatoms. The molecule has 0 aliphatic rings. The van der Waals surface area contributed by atoms with Crippen molar-refractivity contribution in [3.05, 3.63) is 59.3 Å². The van der Waals surface area contributed by atoms with Crippen molar-refractivity contribution in [2.24, 2.45) is 0 Å². The average molecular weight is 324 g/mol. The van der Waals surface area contributed by atoms with Gasteiger partial charge >= 0.3 is 6.18 Å². The van der Waals surface area contributed by atoms with Gasteiger partial charge in [0.15, 0.2) is 6.61 Å². The van der Waals surface area contributed by atoms with Gasteiger partial charge in [-0.25, -0.2) is 4.98 Å². The van der Waals surface area contributed by atoms with Gasteiger partial charge in [-0.1, -0.05) is 23.8 Å². The zero-order valence-electron chi connectivity index (χ0n) is 12.4. The Morgan fingerprint density at radius 2 is 2.04 bits per heavy atom. The number of benzene rings is 1. The second-order valence-electron chi connectivity index (χ2n) is 4.92. The Labute approximate surface area is 131 Å². The van der Waals surface area contributed by atoms with Crippen molar-refractivity contribution in [2.75, 3.05) is 6.61 Å². The largest absolute Gasteiger partial charge is 0.468 e. The van der Waals surface area contributed by atoms with E-state index in [1.807, 2.05) is 13.0 Å². The first kappa shape index (κ1) is 16.8. The van der Waals surface area contributed by atoms with Crippen molar-refractivity contribution < 1.29 is 22.7 Å². The van der Waals surface area contributed by atoms with Gasteiger partial charge in [0, 0.05) is 23.9 Å². The van der Waals surface area contributed by atoms with Crippen molar-refractivity contribution in [1.29, 1.82) is 0 Å². The molecule has 0 radical (unpaired) electrons. The molecule has 0 saturated heterocycles. The number of pyridine rings is 1. The molecule has 1 aromatic carbocycles. The van der Waals surface area contributed by atoms with Crippen LogP contribution in [-0.4, -0.2) is 23.7 Å². The van der Waals surface area contributed by atoms with Crippen LogP contribution in [0.3, 0.4) is 0 Å². The summed E-state index contributed by atoms with van der Waals surface area (Å²) >= 11 is 0. The fourth-order valence-electron chi connectivity index (χ4n) is 1.90. The Bertz CT molecular complexity index is 687. The zero-order valence-corrected chi connectivity index (χ0v) is 12.4. The fourth-order valence-corrected chi connectivity index (χ4v) is 1.90. The minimum Gasteiger partial charge on any atom is -0.468 e. The first-order valence-corrected chi connectivity index (χ1v) is 6.83. The average Bonchev–Trinajstić information content (AvgIpc) is 2.50. The number of hydrogen-bond donors (Lipinski definition) is 1. The van der Waals surface area contributed by atoms with Gasteiger partial charge in [0.25, 0.3) is 5.91 Å². The molecule has 2 rings (SSSR count). The lowest BCUT2D eigenvalue weighted by molar-refractivity contribution is -0.154. The van der Waals surface area contributed by atoms with Gasteiger partial charge in [0.05, 0.1) is 0 Å². The van der Waals surface area contributed by atoms with Crippen LogP contribution < -0.4 is 10.1 Å². The second kappa shape index (κ2) is 7.13. The molecule has 2 aromatic rings. The van der Waals surface area contributed by atoms with Gasteiger partial charge in [0.2, 0.25) is 5.88 Å². The summed E-state index contributed by atoms with van der Waals surface area (Å²) < 4.78 is 41.3. The molecular weight excluding hydrogens is 309 g/mol. The number of nitrogens with zero attached hydrogens (tertiary/aromatic N) is 1. The summed E-state index contributed by atoms with van der Waals surface area (Å²) in [5, 5.41) is 2.64. The summed E-state index contributed by atoms with van der Waals surface area (Å²) in [5.41, 5.74) is 1.79. The van der Waals surface area contributed by atoms with Crippen LogP contribution >= 0.6 is 0 Å². The van der Waals surface area contributed by atoms with Gasteiger partial charge in [-0.2, -0.15) is 13.2 Å². The lowest BCUT2D eigenvalue weighted by Gasteiger charge is -2.12. The number of alkyl halides is 3. The highest BCUT2D eigenvalue weighted by atomic mass is 19.4. The minimum absolute atomic E-state index is 0.0216. The number of carbonyl (C=O) groups excluding carboxylic acids is 1. The molecule has 23 heavy (non-hydrogen) atoms. The maximum Gasteiger partial charge on any atom is 0.422 e. The number of ether oxygens (including phenoxy) is 1. The third-order valence-corrected chi connectivity index (χ3v) is 2.94. The monoisotopic (exact) mass is 324 g/mol. The maximum atomic E-state index is 12.2. The molecule has 0 spiro atoms. The van der Waals surface area contributed by atoms with E-state index >= 15 is 0 Å². The molecule has 0 aliphatic heterocycles. The second-order valence-corrected chi connectivity index (χ2v) is 4.92. The van der Waals surface area contributed by atoms with Crippen LogP contribution in [-0.2, 0) is 6.54 Å². The Morgan fingerprint density at radius 1 is 1.26 bits per heavy atom. The molecule has 122 valence electrons. The lowest BCUT2D eigenvalue weighted by atomic mass is 10.1. The third-order valence-electron chi connectivity index (χ3n) is 2.94. The molecule has 0 atom stereocenters. The van der Waals surface area contributed by atoms with Crippen molar-refractivity contribution in [3.8, 4) is 5.88 Å². The number of hydrogen-bond acceptors (Lipinski definition) is 3. The third kappa shape index (κ3) is 5.28. The zero-order chi connectivity index (χ0) is 16.9. The Kier molecular flexibility index (Phi) is 5.20. The molecule has 0 bridgehead atoms. The number of halogens is 3. The van der Waals surface area contributed by atoms with E-state index in [0.717, 1.165) is 5.56 Å². The van der Waals surface area contributed by atoms with E-state index in [1.54, 1.807) is 30.3 Å². The maximum absolute atomic E-state index is 12.2. The number of aryl methyl sites for hydroxylation is 1. The van der Waals surface area contributed by atoms with Gasteiger partial charge in [-0.15, -0.1) is 0 Å². The van der Waals surface area contributed by atoms with Crippen LogP contribution in [0.5, 0.6) is 5.88 Å². The highest BCUT2D eigenvalue weighted by molar-refractivity contribution is 5.94. The molecule has 0 aliphatic carbocycles. The van der Waals surface area contributed by atoms with Crippen LogP contribution in [0.1, 0.15) is 21.5 Å². The van der Waals surface area contributed by atoms with Crippen molar-refractivity contribution in [2.45, 2.75) is 19.6 Å². The highest BCUT2D eigenvalue weighted by Gasteiger charge is 2.29. The van der Waals surface area contributed by atoms with Crippen LogP contribution in [0.2, 0.25) is 0 Å². The Balaban J connectivity index is 2.01. The molecule has 1 amide bonds. The predicted molar refractivity (Wildman–Crippen MR) is 78.1 cm³/mol. The normalized spacial score (nSPS) is 11.1. The Hall–Kier alpha value is -2.57. The topological polar surface area (TPSA) is 51.2 Å². The van der Waals surface area contributed by atoms with Crippen LogP contribution in [0.4, 0.5) is 13.2 Å². The van der Waals surface area contributed by atoms with Gasteiger partial charge < -0.3 is 10.1 Å². The number of carbonyl (C=O) groups is 1. The highest BCUT2D eigenvalue weighted by Crippen LogP contribution is 2.20. The van der Waals surface area contributed by atoms with E-state index in [4.69, 9.17) is 0 Å². The van der Waals surface area contributed by atoms with E-state index in [1.165, 1.54) is 6.20 Å². The molecule has 0 saturated carbocycles. The molecule has 1 aromatic heterocycles. The summed E-state index contributed by atoms with van der Waals surface area (Å²) in [6.45, 7) is 0.456. The van der Waals surface area contributed by atoms with Crippen molar-refractivity contribution in [3.63, 3.8) is 0 Å². The first-order valence-electron chi connectivity index (χ1n) is 6.83. The molecule has 1 N–H and O–H groups in total. The number of rotatable bonds is 5. The molecule has 0 unspecified atom stereocenters. The lowest BCUT2D eigenvalue weighted by Crippen LogP contribution is -2.24. The molecule has 4 nitrogen and oxygen atoms in total. The SMILES string of the molecule is Cc1cccc(C(=O)NCc2cccnc2OCC(F)(F)F)c1. The van der Waals surface area contributed by atoms with E-state index in [-0.39, 0.29) is 18.3 Å². The van der Waals surface area contributed by atoms with Crippen LogP contribution in [0, 0.1) is 6.92 Å².